The van der Waals surface area contributed by atoms with Gasteiger partial charge in [-0.15, -0.1) is 0 Å². The summed E-state index contributed by atoms with van der Waals surface area (Å²) in [6, 6.07) is 17.4. The molecule has 0 bridgehead atoms. The number of hydrogen-bond donors (Lipinski definition) is 2. The zero-order valence-electron chi connectivity index (χ0n) is 13.9. The number of ether oxygens (including phenoxy) is 1. The Balaban J connectivity index is 1.65. The maximum atomic E-state index is 11.3. The number of rotatable bonds is 4. The molecule has 0 saturated carbocycles. The minimum Gasteiger partial charge on any atom is -0.457 e. The van der Waals surface area contributed by atoms with E-state index >= 15 is 0 Å². The highest BCUT2D eigenvalue weighted by atomic mass is 35.5. The molecule has 5 nitrogen and oxygen atoms in total. The topological polar surface area (TPSA) is 81.0 Å². The summed E-state index contributed by atoms with van der Waals surface area (Å²) in [5.41, 5.74) is 7.87. The number of fused-ring (bicyclic) bond motifs is 1. The number of nitrogens with one attached hydrogen (secondary N) is 1. The summed E-state index contributed by atoms with van der Waals surface area (Å²) in [5.74, 6) is 1.36. The Hall–Kier alpha value is -3.02. The molecule has 0 spiro atoms. The molecule has 0 fully saturated rings. The number of hydrogen-bond acceptors (Lipinski definition) is 3. The van der Waals surface area contributed by atoms with E-state index in [1.165, 1.54) is 0 Å². The lowest BCUT2D eigenvalue weighted by Crippen LogP contribution is -2.10. The van der Waals surface area contributed by atoms with Crippen LogP contribution in [0.5, 0.6) is 11.5 Å². The number of aromatic amines is 1. The van der Waals surface area contributed by atoms with Crippen LogP contribution in [0.4, 0.5) is 0 Å². The molecule has 0 unspecified atom stereocenters. The third-order valence-electron chi connectivity index (χ3n) is 4.01. The van der Waals surface area contributed by atoms with Gasteiger partial charge in [-0.2, -0.15) is 0 Å². The van der Waals surface area contributed by atoms with E-state index in [0.717, 1.165) is 5.56 Å². The summed E-state index contributed by atoms with van der Waals surface area (Å²) in [4.78, 5) is 19.0. The Morgan fingerprint density at radius 2 is 1.70 bits per heavy atom. The summed E-state index contributed by atoms with van der Waals surface area (Å²) in [6.45, 7) is 0. The van der Waals surface area contributed by atoms with Crippen LogP contribution in [-0.4, -0.2) is 15.9 Å². The quantitative estimate of drug-likeness (QED) is 0.481. The van der Waals surface area contributed by atoms with Crippen molar-refractivity contribution in [1.29, 1.82) is 0 Å². The maximum Gasteiger partial charge on any atom is 0.248 e. The van der Waals surface area contributed by atoms with Crippen LogP contribution in [0.1, 0.15) is 10.4 Å². The Morgan fingerprint density at radius 3 is 2.41 bits per heavy atom. The smallest absolute Gasteiger partial charge is 0.248 e. The highest BCUT2D eigenvalue weighted by Crippen LogP contribution is 2.33. The normalized spacial score (nSPS) is 10.9. The number of imidazole rings is 1. The van der Waals surface area contributed by atoms with E-state index in [2.05, 4.69) is 9.97 Å². The van der Waals surface area contributed by atoms with E-state index in [1.807, 2.05) is 6.07 Å². The van der Waals surface area contributed by atoms with Gasteiger partial charge in [-0.05, 0) is 54.6 Å². The maximum absolute atomic E-state index is 11.3. The van der Waals surface area contributed by atoms with Crippen LogP contribution in [0.3, 0.4) is 0 Å². The van der Waals surface area contributed by atoms with Crippen LogP contribution in [0.25, 0.3) is 22.4 Å². The lowest BCUT2D eigenvalue weighted by molar-refractivity contribution is 0.100. The van der Waals surface area contributed by atoms with Gasteiger partial charge in [0.1, 0.15) is 17.3 Å². The van der Waals surface area contributed by atoms with Crippen LogP contribution in [-0.2, 0) is 0 Å². The first-order valence-corrected chi connectivity index (χ1v) is 8.78. The molecule has 0 radical (unpaired) electrons. The number of primary amides is 1. The zero-order valence-corrected chi connectivity index (χ0v) is 15.4. The summed E-state index contributed by atoms with van der Waals surface area (Å²) < 4.78 is 5.78. The van der Waals surface area contributed by atoms with E-state index in [9.17, 15) is 4.79 Å². The van der Waals surface area contributed by atoms with Crippen LogP contribution < -0.4 is 10.5 Å². The molecule has 0 aliphatic rings. The van der Waals surface area contributed by atoms with Crippen LogP contribution in [0, 0.1) is 0 Å². The fraction of sp³-hybridized carbons (Fsp3) is 0. The van der Waals surface area contributed by atoms with Gasteiger partial charge in [0.25, 0.3) is 0 Å². The van der Waals surface area contributed by atoms with Crippen molar-refractivity contribution in [2.75, 3.05) is 0 Å². The molecular formula is C20H13Cl2N3O2. The van der Waals surface area contributed by atoms with Crippen molar-refractivity contribution in [3.05, 3.63) is 76.3 Å². The highest BCUT2D eigenvalue weighted by Gasteiger charge is 2.12. The fourth-order valence-electron chi connectivity index (χ4n) is 2.68. The summed E-state index contributed by atoms with van der Waals surface area (Å²) in [6.07, 6.45) is 0. The minimum absolute atomic E-state index is 0.413. The second-order valence-electron chi connectivity index (χ2n) is 5.88. The third kappa shape index (κ3) is 3.60. The van der Waals surface area contributed by atoms with Gasteiger partial charge >= 0.3 is 0 Å². The third-order valence-corrected chi connectivity index (χ3v) is 4.58. The van der Waals surface area contributed by atoms with E-state index in [1.54, 1.807) is 54.6 Å². The monoisotopic (exact) mass is 397 g/mol. The number of benzene rings is 3. The number of carbonyl (C=O) groups is 1. The molecule has 1 aromatic heterocycles. The number of halogens is 2. The van der Waals surface area contributed by atoms with Gasteiger partial charge in [0.15, 0.2) is 0 Å². The average Bonchev–Trinajstić information content (AvgIpc) is 3.06. The molecule has 3 aromatic carbocycles. The molecule has 0 aliphatic heterocycles. The van der Waals surface area contributed by atoms with Gasteiger partial charge in [0, 0.05) is 22.2 Å². The minimum atomic E-state index is -0.491. The number of aromatic nitrogens is 2. The van der Waals surface area contributed by atoms with Crippen LogP contribution in [0.15, 0.2) is 60.7 Å². The number of H-pyrrole nitrogens is 1. The van der Waals surface area contributed by atoms with Crippen LogP contribution >= 0.6 is 23.2 Å². The van der Waals surface area contributed by atoms with Gasteiger partial charge in [0.2, 0.25) is 5.91 Å². The first-order valence-electron chi connectivity index (χ1n) is 8.02. The number of nitrogens with two attached hydrogens (primary N) is 1. The zero-order chi connectivity index (χ0) is 19.0. The van der Waals surface area contributed by atoms with Crippen molar-refractivity contribution in [1.82, 2.24) is 9.97 Å². The van der Waals surface area contributed by atoms with Crippen molar-refractivity contribution in [2.24, 2.45) is 5.73 Å². The second kappa shape index (κ2) is 6.95. The largest absolute Gasteiger partial charge is 0.457 e. The second-order valence-corrected chi connectivity index (χ2v) is 6.72. The van der Waals surface area contributed by atoms with Crippen molar-refractivity contribution in [3.8, 4) is 22.9 Å². The molecule has 4 rings (SSSR count). The highest BCUT2D eigenvalue weighted by molar-refractivity contribution is 6.33. The van der Waals surface area contributed by atoms with Gasteiger partial charge in [0.05, 0.1) is 16.1 Å². The molecule has 0 saturated heterocycles. The molecular weight excluding hydrogens is 385 g/mol. The van der Waals surface area contributed by atoms with Gasteiger partial charge in [-0.1, -0.05) is 23.2 Å². The van der Waals surface area contributed by atoms with E-state index in [4.69, 9.17) is 33.7 Å². The standard InChI is InChI=1S/C20H13Cl2N3O2/c21-12-2-4-13(5-3-12)27-14-6-7-15(16(22)10-14)20-24-17-8-1-11(19(23)26)9-18(17)25-20/h1-10H,(H2,23,26)(H,24,25). The Morgan fingerprint density at radius 1 is 0.963 bits per heavy atom. The Labute approximate surface area is 164 Å². The number of carbonyl (C=O) groups excluding carboxylic acids is 1. The molecule has 1 heterocycles. The molecule has 1 amide bonds. The summed E-state index contributed by atoms with van der Waals surface area (Å²) in [7, 11) is 0. The molecule has 7 heteroatoms. The predicted molar refractivity (Wildman–Crippen MR) is 107 cm³/mol. The summed E-state index contributed by atoms with van der Waals surface area (Å²) in [5, 5.41) is 1.12. The predicted octanol–water partition coefficient (Wildman–Crippen LogP) is 5.43. The molecule has 4 aromatic rings. The first kappa shape index (κ1) is 17.4. The Bertz CT molecular complexity index is 1150. The van der Waals surface area contributed by atoms with Crippen molar-refractivity contribution in [2.45, 2.75) is 0 Å². The summed E-state index contributed by atoms with van der Waals surface area (Å²) >= 11 is 12.3. The lowest BCUT2D eigenvalue weighted by Gasteiger charge is -2.08. The Kier molecular flexibility index (Phi) is 4.48. The lowest BCUT2D eigenvalue weighted by atomic mass is 10.2. The van der Waals surface area contributed by atoms with E-state index in [-0.39, 0.29) is 0 Å². The van der Waals surface area contributed by atoms with Crippen molar-refractivity contribution < 1.29 is 9.53 Å². The van der Waals surface area contributed by atoms with Crippen molar-refractivity contribution >= 4 is 40.1 Å². The van der Waals surface area contributed by atoms with Crippen LogP contribution in [0.2, 0.25) is 10.0 Å². The SMILES string of the molecule is NC(=O)c1ccc2nc(-c3ccc(Oc4ccc(Cl)cc4)cc3Cl)[nH]c2c1. The number of nitrogens with zero attached hydrogens (tertiary/aromatic N) is 1. The molecule has 3 N–H and O–H groups in total. The van der Waals surface area contributed by atoms with Gasteiger partial charge in [-0.3, -0.25) is 4.79 Å². The molecule has 27 heavy (non-hydrogen) atoms. The molecule has 0 aliphatic carbocycles. The van der Waals surface area contributed by atoms with E-state index < -0.39 is 5.91 Å². The average molecular weight is 398 g/mol. The van der Waals surface area contributed by atoms with Gasteiger partial charge in [-0.25, -0.2) is 4.98 Å². The van der Waals surface area contributed by atoms with Gasteiger partial charge < -0.3 is 15.5 Å². The number of amides is 1. The molecule has 0 atom stereocenters. The first-order chi connectivity index (χ1) is 13.0. The molecule has 134 valence electrons. The van der Waals surface area contributed by atoms with Crippen molar-refractivity contribution in [3.63, 3.8) is 0 Å². The van der Waals surface area contributed by atoms with E-state index in [0.29, 0.717) is 44.0 Å². The fourth-order valence-corrected chi connectivity index (χ4v) is 3.07.